The Kier molecular flexibility index (Phi) is 4.70. The molecule has 0 spiro atoms. The Hall–Kier alpha value is -2.86. The second kappa shape index (κ2) is 6.80. The number of hydrogen-bond acceptors (Lipinski definition) is 5. The first-order valence-corrected chi connectivity index (χ1v) is 8.35. The molecular weight excluding hydrogens is 334 g/mol. The molecular formula is C20H21NO5. The van der Waals surface area contributed by atoms with E-state index >= 15 is 0 Å². The fraction of sp³-hybridized carbons (Fsp3) is 0.300. The number of fused-ring (bicyclic) bond motifs is 1. The molecule has 136 valence electrons. The lowest BCUT2D eigenvalue weighted by atomic mass is 9.88. The number of hydrogen-bond donors (Lipinski definition) is 1. The zero-order valence-electron chi connectivity index (χ0n) is 15.0. The monoisotopic (exact) mass is 355 g/mol. The molecule has 3 rings (SSSR count). The van der Waals surface area contributed by atoms with Crippen LogP contribution in [0.1, 0.15) is 29.3 Å². The summed E-state index contributed by atoms with van der Waals surface area (Å²) in [5.74, 6) is 0.0238. The van der Waals surface area contributed by atoms with Gasteiger partial charge in [0.05, 0.1) is 31.9 Å². The van der Waals surface area contributed by atoms with E-state index in [-0.39, 0.29) is 12.2 Å². The van der Waals surface area contributed by atoms with Crippen LogP contribution in [0.5, 0.6) is 11.5 Å². The van der Waals surface area contributed by atoms with E-state index in [1.807, 2.05) is 6.92 Å². The Bertz CT molecular complexity index is 863. The average molecular weight is 355 g/mol. The van der Waals surface area contributed by atoms with Gasteiger partial charge in [-0.25, -0.2) is 0 Å². The first-order valence-electron chi connectivity index (χ1n) is 8.35. The number of carbonyl (C=O) groups excluding carboxylic acids is 2. The molecule has 1 atom stereocenters. The number of ketones is 1. The van der Waals surface area contributed by atoms with Crippen LogP contribution in [0.3, 0.4) is 0 Å². The molecule has 2 aromatic carbocycles. The number of para-hydroxylation sites is 1. The summed E-state index contributed by atoms with van der Waals surface area (Å²) in [6, 6.07) is 11.8. The standard InChI is InChI=1S/C20H21NO5/c1-4-21-16-8-6-5-7-15(16)20(24,19(21)23)12-17(22)14-10-9-13(25-2)11-18(14)26-3/h5-11,24H,4,12H2,1-3H3. The van der Waals surface area contributed by atoms with Crippen molar-refractivity contribution in [2.45, 2.75) is 18.9 Å². The first kappa shape index (κ1) is 17.9. The van der Waals surface area contributed by atoms with Crippen molar-refractivity contribution >= 4 is 17.4 Å². The fourth-order valence-corrected chi connectivity index (χ4v) is 3.35. The molecule has 26 heavy (non-hydrogen) atoms. The number of carbonyl (C=O) groups is 2. The lowest BCUT2D eigenvalue weighted by Crippen LogP contribution is -2.41. The van der Waals surface area contributed by atoms with E-state index in [1.54, 1.807) is 42.5 Å². The molecule has 0 saturated carbocycles. The number of methoxy groups -OCH3 is 2. The van der Waals surface area contributed by atoms with Gasteiger partial charge in [0.15, 0.2) is 11.4 Å². The van der Waals surface area contributed by atoms with Crippen molar-refractivity contribution in [1.82, 2.24) is 0 Å². The summed E-state index contributed by atoms with van der Waals surface area (Å²) in [7, 11) is 2.97. The van der Waals surface area contributed by atoms with Crippen LogP contribution in [-0.4, -0.2) is 37.6 Å². The van der Waals surface area contributed by atoms with Gasteiger partial charge in [0.1, 0.15) is 11.5 Å². The van der Waals surface area contributed by atoms with Crippen LogP contribution in [0, 0.1) is 0 Å². The molecule has 2 aromatic rings. The van der Waals surface area contributed by atoms with Crippen LogP contribution in [0.2, 0.25) is 0 Å². The van der Waals surface area contributed by atoms with Crippen LogP contribution in [-0.2, 0) is 10.4 Å². The number of aliphatic hydroxyl groups is 1. The molecule has 0 aliphatic carbocycles. The van der Waals surface area contributed by atoms with Crippen molar-refractivity contribution in [3.63, 3.8) is 0 Å². The molecule has 1 aliphatic rings. The average Bonchev–Trinajstić information content (AvgIpc) is 2.88. The van der Waals surface area contributed by atoms with Crippen molar-refractivity contribution in [3.05, 3.63) is 53.6 Å². The predicted octanol–water partition coefficient (Wildman–Crippen LogP) is 2.53. The Morgan fingerprint density at radius 2 is 1.88 bits per heavy atom. The smallest absolute Gasteiger partial charge is 0.264 e. The molecule has 6 nitrogen and oxygen atoms in total. The van der Waals surface area contributed by atoms with Crippen LogP contribution >= 0.6 is 0 Å². The second-order valence-corrected chi connectivity index (χ2v) is 6.09. The molecule has 6 heteroatoms. The van der Waals surface area contributed by atoms with Gasteiger partial charge in [-0.15, -0.1) is 0 Å². The number of likely N-dealkylation sites (N-methyl/N-ethyl adjacent to an activating group) is 1. The highest BCUT2D eigenvalue weighted by Gasteiger charge is 2.50. The molecule has 1 unspecified atom stereocenters. The number of ether oxygens (including phenoxy) is 2. The highest BCUT2D eigenvalue weighted by atomic mass is 16.5. The molecule has 0 aromatic heterocycles. The van der Waals surface area contributed by atoms with Crippen molar-refractivity contribution in [1.29, 1.82) is 0 Å². The van der Waals surface area contributed by atoms with Crippen molar-refractivity contribution < 1.29 is 24.2 Å². The number of benzene rings is 2. The van der Waals surface area contributed by atoms with Crippen molar-refractivity contribution in [2.75, 3.05) is 25.7 Å². The Morgan fingerprint density at radius 3 is 2.54 bits per heavy atom. The molecule has 0 saturated heterocycles. The number of anilines is 1. The Balaban J connectivity index is 1.98. The summed E-state index contributed by atoms with van der Waals surface area (Å²) in [6.07, 6.45) is -0.359. The quantitative estimate of drug-likeness (QED) is 0.806. The number of nitrogens with zero attached hydrogens (tertiary/aromatic N) is 1. The van der Waals surface area contributed by atoms with Gasteiger partial charge in [-0.2, -0.15) is 0 Å². The third-order valence-electron chi connectivity index (χ3n) is 4.68. The summed E-state index contributed by atoms with van der Waals surface area (Å²) in [4.78, 5) is 27.2. The predicted molar refractivity (Wildman–Crippen MR) is 96.9 cm³/mol. The zero-order valence-corrected chi connectivity index (χ0v) is 15.0. The summed E-state index contributed by atoms with van der Waals surface area (Å²) >= 11 is 0. The maximum Gasteiger partial charge on any atom is 0.264 e. The number of rotatable bonds is 6. The molecule has 1 aliphatic heterocycles. The second-order valence-electron chi connectivity index (χ2n) is 6.09. The van der Waals surface area contributed by atoms with Gasteiger partial charge in [-0.3, -0.25) is 9.59 Å². The van der Waals surface area contributed by atoms with Crippen molar-refractivity contribution in [3.8, 4) is 11.5 Å². The zero-order chi connectivity index (χ0) is 18.9. The SMILES string of the molecule is CCN1C(=O)C(O)(CC(=O)c2ccc(OC)cc2OC)c2ccccc21. The minimum Gasteiger partial charge on any atom is -0.497 e. The van der Waals surface area contributed by atoms with Crippen LogP contribution in [0.15, 0.2) is 42.5 Å². The largest absolute Gasteiger partial charge is 0.497 e. The van der Waals surface area contributed by atoms with E-state index in [9.17, 15) is 14.7 Å². The van der Waals surface area contributed by atoms with Crippen molar-refractivity contribution in [2.24, 2.45) is 0 Å². The molecule has 1 heterocycles. The molecule has 1 N–H and O–H groups in total. The summed E-state index contributed by atoms with van der Waals surface area (Å²) in [5.41, 5.74) is -0.499. The molecule has 0 bridgehead atoms. The third kappa shape index (κ3) is 2.72. The minimum absolute atomic E-state index is 0.293. The van der Waals surface area contributed by atoms with Gasteiger partial charge in [0.2, 0.25) is 0 Å². The van der Waals surface area contributed by atoms with E-state index < -0.39 is 11.5 Å². The normalized spacial score (nSPS) is 18.6. The van der Waals surface area contributed by atoms with Gasteiger partial charge in [-0.1, -0.05) is 18.2 Å². The lowest BCUT2D eigenvalue weighted by Gasteiger charge is -2.22. The highest BCUT2D eigenvalue weighted by molar-refractivity contribution is 6.11. The van der Waals surface area contributed by atoms with Gasteiger partial charge >= 0.3 is 0 Å². The molecule has 0 radical (unpaired) electrons. The highest BCUT2D eigenvalue weighted by Crippen LogP contribution is 2.43. The maximum absolute atomic E-state index is 12.9. The first-order chi connectivity index (χ1) is 12.5. The van der Waals surface area contributed by atoms with E-state index in [1.165, 1.54) is 19.1 Å². The van der Waals surface area contributed by atoms with Gasteiger partial charge in [0.25, 0.3) is 5.91 Å². The topological polar surface area (TPSA) is 76.1 Å². The van der Waals surface area contributed by atoms with E-state index in [0.717, 1.165) is 0 Å². The Labute approximate surface area is 152 Å². The minimum atomic E-state index is -1.88. The third-order valence-corrected chi connectivity index (χ3v) is 4.68. The summed E-state index contributed by atoms with van der Waals surface area (Å²) in [6.45, 7) is 2.24. The van der Waals surface area contributed by atoms with Gasteiger partial charge in [-0.05, 0) is 25.1 Å². The van der Waals surface area contributed by atoms with E-state index in [2.05, 4.69) is 0 Å². The molecule has 1 amide bonds. The van der Waals surface area contributed by atoms with Crippen LogP contribution in [0.4, 0.5) is 5.69 Å². The van der Waals surface area contributed by atoms with Gasteiger partial charge in [0, 0.05) is 18.2 Å². The van der Waals surface area contributed by atoms with Crippen LogP contribution in [0.25, 0.3) is 0 Å². The fourth-order valence-electron chi connectivity index (χ4n) is 3.35. The summed E-state index contributed by atoms with van der Waals surface area (Å²) in [5, 5.41) is 11.1. The summed E-state index contributed by atoms with van der Waals surface area (Å²) < 4.78 is 10.4. The lowest BCUT2D eigenvalue weighted by molar-refractivity contribution is -0.135. The van der Waals surface area contributed by atoms with E-state index in [4.69, 9.17) is 9.47 Å². The van der Waals surface area contributed by atoms with Gasteiger partial charge < -0.3 is 19.5 Å². The number of Topliss-reactive ketones (excluding diaryl/α,β-unsaturated/α-hetero) is 1. The Morgan fingerprint density at radius 1 is 1.15 bits per heavy atom. The maximum atomic E-state index is 12.9. The molecule has 0 fully saturated rings. The number of amides is 1. The van der Waals surface area contributed by atoms with E-state index in [0.29, 0.717) is 34.9 Å². The van der Waals surface area contributed by atoms with Crippen LogP contribution < -0.4 is 14.4 Å².